The Balaban J connectivity index is 0.000000556. The van der Waals surface area contributed by atoms with Gasteiger partial charge >= 0.3 is 7.25 Å². The summed E-state index contributed by atoms with van der Waals surface area (Å²) in [5.74, 6) is 1.53. The molecule has 0 atom stereocenters. The maximum absolute atomic E-state index is 9.75. The molecule has 1 aromatic heterocycles. The predicted octanol–water partition coefficient (Wildman–Crippen LogP) is 6.57. The fourth-order valence-electron chi connectivity index (χ4n) is 4.19. The average Bonchev–Trinajstić information content (AvgIpc) is 3.28. The van der Waals surface area contributed by atoms with E-state index in [2.05, 4.69) is 103 Å². The second-order valence-corrected chi connectivity index (χ2v) is 11.2. The van der Waals surface area contributed by atoms with Crippen molar-refractivity contribution in [2.45, 2.75) is 6.92 Å². The van der Waals surface area contributed by atoms with Gasteiger partial charge in [-0.15, -0.1) is 0 Å². The Morgan fingerprint density at radius 3 is 1.28 bits per heavy atom. The van der Waals surface area contributed by atoms with Gasteiger partial charge < -0.3 is 21.7 Å². The van der Waals surface area contributed by atoms with Crippen LogP contribution in [0.4, 0.5) is 17.3 Å². The molecule has 0 unspecified atom stereocenters. The van der Waals surface area contributed by atoms with Gasteiger partial charge in [0.2, 0.25) is 5.44 Å². The summed E-state index contributed by atoms with van der Waals surface area (Å²) in [7, 11) is -8.29. The highest BCUT2D eigenvalue weighted by atomic mass is 31.2. The first-order valence-electron chi connectivity index (χ1n) is 11.3. The molecule has 2 nitrogen and oxygen atoms in total. The molecule has 182 valence electrons. The van der Waals surface area contributed by atoms with Crippen molar-refractivity contribution in [3.8, 4) is 11.3 Å². The third-order valence-corrected chi connectivity index (χ3v) is 9.66. The highest BCUT2D eigenvalue weighted by Gasteiger charge is 2.52. The molecule has 8 heteroatoms. The number of halogens is 4. The molecule has 36 heavy (non-hydrogen) atoms. The summed E-state index contributed by atoms with van der Waals surface area (Å²) in [6, 6.07) is 42.6. The average molecular weight is 507 g/mol. The van der Waals surface area contributed by atoms with Crippen molar-refractivity contribution < 1.29 is 21.7 Å². The van der Waals surface area contributed by atoms with Crippen LogP contribution in [0.1, 0.15) is 5.89 Å². The minimum Gasteiger partial charge on any atom is -0.437 e. The molecule has 0 saturated carbocycles. The van der Waals surface area contributed by atoms with E-state index in [1.54, 1.807) is 0 Å². The summed E-state index contributed by atoms with van der Waals surface area (Å²) in [4.78, 5) is 5.07. The smallest absolute Gasteiger partial charge is 0.437 e. The first kappa shape index (κ1) is 25.4. The molecular formula is C28H23BF4NOP. The molecule has 4 aromatic carbocycles. The van der Waals surface area contributed by atoms with Crippen LogP contribution in [0.15, 0.2) is 126 Å². The van der Waals surface area contributed by atoms with Gasteiger partial charge in [0.25, 0.3) is 0 Å². The van der Waals surface area contributed by atoms with Gasteiger partial charge in [0.1, 0.15) is 15.9 Å². The SMILES string of the molecule is Cc1nc([P+](c2ccccc2)(c2ccccc2)c2ccccc2)c(-c2ccccc2)o1.F[B-](F)(F)F. The molecule has 0 saturated heterocycles. The summed E-state index contributed by atoms with van der Waals surface area (Å²) in [5, 5.41) is 3.79. The monoisotopic (exact) mass is 507 g/mol. The minimum absolute atomic E-state index is 0.682. The van der Waals surface area contributed by atoms with Crippen molar-refractivity contribution in [2.75, 3.05) is 0 Å². The van der Waals surface area contributed by atoms with Crippen molar-refractivity contribution in [3.63, 3.8) is 0 Å². The minimum atomic E-state index is -6.00. The summed E-state index contributed by atoms with van der Waals surface area (Å²) in [5.41, 5.74) is 2.06. The molecule has 0 aliphatic rings. The number of aromatic nitrogens is 1. The van der Waals surface area contributed by atoms with Gasteiger partial charge in [-0.25, -0.2) is 0 Å². The normalized spacial score (nSPS) is 11.5. The zero-order valence-corrected chi connectivity index (χ0v) is 20.3. The number of nitrogens with zero attached hydrogens (tertiary/aromatic N) is 1. The number of oxazole rings is 1. The quantitative estimate of drug-likeness (QED) is 0.153. The lowest BCUT2D eigenvalue weighted by Gasteiger charge is -2.25. The van der Waals surface area contributed by atoms with Gasteiger partial charge in [-0.05, 0) is 36.4 Å². The van der Waals surface area contributed by atoms with Gasteiger partial charge in [0.05, 0.1) is 0 Å². The topological polar surface area (TPSA) is 26.0 Å². The summed E-state index contributed by atoms with van der Waals surface area (Å²) in [6.45, 7) is 1.94. The molecular weight excluding hydrogens is 484 g/mol. The lowest BCUT2D eigenvalue weighted by atomic mass is 10.2. The molecule has 0 aliphatic heterocycles. The molecule has 0 N–H and O–H groups in total. The zero-order chi connectivity index (χ0) is 25.6. The molecule has 0 bridgehead atoms. The van der Waals surface area contributed by atoms with Crippen LogP contribution in [0.5, 0.6) is 0 Å². The molecule has 5 aromatic rings. The van der Waals surface area contributed by atoms with E-state index in [0.717, 1.165) is 16.8 Å². The van der Waals surface area contributed by atoms with E-state index in [4.69, 9.17) is 9.40 Å². The summed E-state index contributed by atoms with van der Waals surface area (Å²) in [6.07, 6.45) is 0. The number of hydrogen-bond acceptors (Lipinski definition) is 2. The van der Waals surface area contributed by atoms with Crippen LogP contribution in [0.2, 0.25) is 0 Å². The van der Waals surface area contributed by atoms with Crippen LogP contribution in [0.3, 0.4) is 0 Å². The highest BCUT2D eigenvalue weighted by molar-refractivity contribution is 8.01. The van der Waals surface area contributed by atoms with E-state index < -0.39 is 14.5 Å². The van der Waals surface area contributed by atoms with Gasteiger partial charge in [-0.2, -0.15) is 4.98 Å². The molecule has 1 heterocycles. The number of hydrogen-bond donors (Lipinski definition) is 0. The Labute approximate surface area is 208 Å². The lowest BCUT2D eigenvalue weighted by Crippen LogP contribution is -2.40. The van der Waals surface area contributed by atoms with Crippen LogP contribution < -0.4 is 21.3 Å². The molecule has 5 rings (SSSR count). The van der Waals surface area contributed by atoms with E-state index in [1.807, 2.05) is 25.1 Å². The predicted molar refractivity (Wildman–Crippen MR) is 142 cm³/mol. The Bertz CT molecular complexity index is 1280. The Morgan fingerprint density at radius 2 is 0.917 bits per heavy atom. The first-order valence-corrected chi connectivity index (χ1v) is 13.1. The van der Waals surface area contributed by atoms with Crippen molar-refractivity contribution in [2.24, 2.45) is 0 Å². The summed E-state index contributed by atoms with van der Waals surface area (Å²) < 4.78 is 45.3. The number of aryl methyl sites for hydroxylation is 1. The van der Waals surface area contributed by atoms with E-state index in [0.29, 0.717) is 5.89 Å². The molecule has 0 aliphatic carbocycles. The van der Waals surface area contributed by atoms with Gasteiger partial charge in [0.15, 0.2) is 18.9 Å². The fourth-order valence-corrected chi connectivity index (χ4v) is 8.45. The van der Waals surface area contributed by atoms with Crippen LogP contribution in [0.25, 0.3) is 11.3 Å². The third kappa shape index (κ3) is 5.58. The third-order valence-electron chi connectivity index (χ3n) is 5.50. The van der Waals surface area contributed by atoms with E-state index in [9.17, 15) is 17.3 Å². The van der Waals surface area contributed by atoms with Crippen molar-refractivity contribution in [1.29, 1.82) is 0 Å². The molecule has 0 spiro atoms. The zero-order valence-electron chi connectivity index (χ0n) is 19.4. The number of rotatable bonds is 5. The largest absolute Gasteiger partial charge is 0.673 e. The van der Waals surface area contributed by atoms with Crippen molar-refractivity contribution in [3.05, 3.63) is 127 Å². The van der Waals surface area contributed by atoms with Gasteiger partial charge in [-0.3, -0.25) is 0 Å². The fraction of sp³-hybridized carbons (Fsp3) is 0.0357. The second-order valence-electron chi connectivity index (χ2n) is 7.92. The van der Waals surface area contributed by atoms with Gasteiger partial charge in [0, 0.05) is 12.5 Å². The van der Waals surface area contributed by atoms with Crippen LogP contribution >= 0.6 is 7.26 Å². The van der Waals surface area contributed by atoms with Crippen LogP contribution in [-0.4, -0.2) is 12.2 Å². The standard InChI is InChI=1S/C28H23NOP.BF4/c1-22-29-28(27(30-22)23-14-6-2-7-15-23)31(24-16-8-3-9-17-24,25-18-10-4-11-19-25)26-20-12-5-13-21-26;2-1(3,4)5/h2-21H,1H3;/q+1;-1. The van der Waals surface area contributed by atoms with E-state index in [1.165, 1.54) is 15.9 Å². The maximum atomic E-state index is 9.75. The van der Waals surface area contributed by atoms with Crippen LogP contribution in [-0.2, 0) is 0 Å². The Morgan fingerprint density at radius 1 is 0.583 bits per heavy atom. The Hall–Kier alpha value is -3.70. The van der Waals surface area contributed by atoms with Crippen LogP contribution in [0, 0.1) is 6.92 Å². The maximum Gasteiger partial charge on any atom is 0.673 e. The lowest BCUT2D eigenvalue weighted by molar-refractivity contribution is 0.368. The molecule has 0 fully saturated rings. The second kappa shape index (κ2) is 10.9. The van der Waals surface area contributed by atoms with E-state index >= 15 is 0 Å². The summed E-state index contributed by atoms with van der Waals surface area (Å²) >= 11 is 0. The first-order chi connectivity index (χ1) is 17.3. The molecule has 0 radical (unpaired) electrons. The van der Waals surface area contributed by atoms with E-state index in [-0.39, 0.29) is 0 Å². The Kier molecular flexibility index (Phi) is 7.71. The van der Waals surface area contributed by atoms with Gasteiger partial charge in [-0.1, -0.05) is 84.9 Å². The highest BCUT2D eigenvalue weighted by Crippen LogP contribution is 2.55. The molecule has 0 amide bonds. The van der Waals surface area contributed by atoms with Crippen molar-refractivity contribution in [1.82, 2.24) is 4.98 Å². The number of benzene rings is 4. The van der Waals surface area contributed by atoms with Crippen molar-refractivity contribution >= 4 is 35.9 Å².